The summed E-state index contributed by atoms with van der Waals surface area (Å²) in [6.45, 7) is 5.01. The Hall–Kier alpha value is -0.820. The van der Waals surface area contributed by atoms with Gasteiger partial charge in [-0.05, 0) is 13.0 Å². The zero-order chi connectivity index (χ0) is 14.0. The number of nitrogens with zero attached hydrogens (tertiary/aromatic N) is 2. The number of ether oxygens (including phenoxy) is 1. The molecule has 2 heterocycles. The van der Waals surface area contributed by atoms with Gasteiger partial charge in [-0.2, -0.15) is 13.2 Å². The van der Waals surface area contributed by atoms with E-state index in [1.54, 1.807) is 0 Å². The average Bonchev–Trinajstić information content (AvgIpc) is 2.35. The summed E-state index contributed by atoms with van der Waals surface area (Å²) in [4.78, 5) is 15.3. The monoisotopic (exact) mass is 280 g/mol. The molecule has 0 spiro atoms. The molecule has 110 valence electrons. The van der Waals surface area contributed by atoms with Crippen LogP contribution in [0.15, 0.2) is 0 Å². The summed E-state index contributed by atoms with van der Waals surface area (Å²) in [6.07, 6.45) is -5.27. The lowest BCUT2D eigenvalue weighted by atomic mass is 9.98. The maximum Gasteiger partial charge on any atom is 0.397 e. The number of hydrogen-bond donors (Lipinski definition) is 0. The Bertz CT molecular complexity index is 335. The third-order valence-corrected chi connectivity index (χ3v) is 3.79. The summed E-state index contributed by atoms with van der Waals surface area (Å²) in [5.74, 6) is -0.823. The molecule has 2 fully saturated rings. The second-order valence-electron chi connectivity index (χ2n) is 5.04. The lowest BCUT2D eigenvalue weighted by Gasteiger charge is -2.46. The maximum atomic E-state index is 12.3. The maximum absolute atomic E-state index is 12.3. The number of likely N-dealkylation sites (N-methyl/N-ethyl adjacent to an activating group) is 1. The van der Waals surface area contributed by atoms with E-state index in [1.165, 1.54) is 4.90 Å². The molecular formula is C12H19F3N2O2. The quantitative estimate of drug-likeness (QED) is 0.763. The number of hydrogen-bond acceptors (Lipinski definition) is 3. The van der Waals surface area contributed by atoms with E-state index in [0.29, 0.717) is 19.6 Å². The van der Waals surface area contributed by atoms with Gasteiger partial charge in [0.25, 0.3) is 0 Å². The smallest absolute Gasteiger partial charge is 0.373 e. The second kappa shape index (κ2) is 5.66. The molecule has 2 aliphatic heterocycles. The zero-order valence-electron chi connectivity index (χ0n) is 10.9. The molecule has 0 aromatic rings. The first-order chi connectivity index (χ1) is 8.90. The Kier molecular flexibility index (Phi) is 4.35. The zero-order valence-corrected chi connectivity index (χ0v) is 10.9. The molecule has 0 unspecified atom stereocenters. The third kappa shape index (κ3) is 3.60. The number of halogens is 3. The summed E-state index contributed by atoms with van der Waals surface area (Å²) in [7, 11) is 0. The molecule has 19 heavy (non-hydrogen) atoms. The van der Waals surface area contributed by atoms with Crippen molar-refractivity contribution in [1.29, 1.82) is 0 Å². The molecule has 0 bridgehead atoms. The van der Waals surface area contributed by atoms with Crippen molar-refractivity contribution in [2.75, 3.05) is 32.8 Å². The van der Waals surface area contributed by atoms with Gasteiger partial charge in [-0.3, -0.25) is 4.79 Å². The van der Waals surface area contributed by atoms with Gasteiger partial charge in [0, 0.05) is 19.6 Å². The van der Waals surface area contributed by atoms with Crippen LogP contribution >= 0.6 is 0 Å². The fourth-order valence-electron chi connectivity index (χ4n) is 2.83. The van der Waals surface area contributed by atoms with Crippen molar-refractivity contribution in [2.24, 2.45) is 0 Å². The topological polar surface area (TPSA) is 32.8 Å². The van der Waals surface area contributed by atoms with Crippen LogP contribution in [0.5, 0.6) is 0 Å². The number of morpholine rings is 1. The van der Waals surface area contributed by atoms with E-state index in [9.17, 15) is 18.0 Å². The molecule has 2 saturated heterocycles. The van der Waals surface area contributed by atoms with E-state index >= 15 is 0 Å². The van der Waals surface area contributed by atoms with Gasteiger partial charge in [0.1, 0.15) is 6.42 Å². The van der Waals surface area contributed by atoms with Crippen LogP contribution in [0.4, 0.5) is 13.2 Å². The molecule has 2 aliphatic rings. The predicted octanol–water partition coefficient (Wildman–Crippen LogP) is 1.26. The van der Waals surface area contributed by atoms with E-state index in [4.69, 9.17) is 4.74 Å². The van der Waals surface area contributed by atoms with Gasteiger partial charge in [-0.25, -0.2) is 0 Å². The Morgan fingerprint density at radius 2 is 2.11 bits per heavy atom. The van der Waals surface area contributed by atoms with Crippen LogP contribution in [0.1, 0.15) is 19.8 Å². The largest absolute Gasteiger partial charge is 0.397 e. The number of amides is 1. The molecule has 0 aromatic heterocycles. The summed E-state index contributed by atoms with van der Waals surface area (Å²) >= 11 is 0. The molecule has 2 rings (SSSR count). The minimum atomic E-state index is -4.44. The molecule has 0 aliphatic carbocycles. The van der Waals surface area contributed by atoms with Gasteiger partial charge in [0.05, 0.1) is 18.8 Å². The summed E-state index contributed by atoms with van der Waals surface area (Å²) in [5.41, 5.74) is 0. The molecular weight excluding hydrogens is 261 g/mol. The highest BCUT2D eigenvalue weighted by molar-refractivity contribution is 5.77. The van der Waals surface area contributed by atoms with Crippen LogP contribution in [0.2, 0.25) is 0 Å². The molecule has 2 atom stereocenters. The van der Waals surface area contributed by atoms with Gasteiger partial charge in [0.2, 0.25) is 5.91 Å². The van der Waals surface area contributed by atoms with Crippen LogP contribution < -0.4 is 0 Å². The molecule has 1 amide bonds. The van der Waals surface area contributed by atoms with Crippen molar-refractivity contribution < 1.29 is 22.7 Å². The highest BCUT2D eigenvalue weighted by atomic mass is 19.4. The molecule has 4 nitrogen and oxygen atoms in total. The second-order valence-corrected chi connectivity index (χ2v) is 5.04. The van der Waals surface area contributed by atoms with Crippen LogP contribution in [-0.4, -0.2) is 66.8 Å². The molecule has 0 aromatic carbocycles. The molecule has 0 N–H and O–H groups in total. The highest BCUT2D eigenvalue weighted by Gasteiger charge is 2.41. The Labute approximate surface area is 110 Å². The van der Waals surface area contributed by atoms with Gasteiger partial charge in [-0.15, -0.1) is 0 Å². The number of piperidine rings is 1. The summed E-state index contributed by atoms with van der Waals surface area (Å²) in [5, 5.41) is 0. The number of rotatable bonds is 2. The first-order valence-electron chi connectivity index (χ1n) is 6.61. The lowest BCUT2D eigenvalue weighted by molar-refractivity contribution is -0.174. The minimum absolute atomic E-state index is 0.153. The van der Waals surface area contributed by atoms with Crippen LogP contribution in [0.25, 0.3) is 0 Å². The first kappa shape index (κ1) is 14.6. The summed E-state index contributed by atoms with van der Waals surface area (Å²) in [6, 6.07) is -0.202. The fourth-order valence-corrected chi connectivity index (χ4v) is 2.83. The van der Waals surface area contributed by atoms with E-state index < -0.39 is 18.5 Å². The predicted molar refractivity (Wildman–Crippen MR) is 62.6 cm³/mol. The van der Waals surface area contributed by atoms with Crippen molar-refractivity contribution in [3.63, 3.8) is 0 Å². The SMILES string of the molecule is CCN1CC[C@@H]2[C@@H](C1)OCCN2C(=O)CC(F)(F)F. The number of alkyl halides is 3. The Balaban J connectivity index is 2.00. The number of carbonyl (C=O) groups excluding carboxylic acids is 1. The molecule has 7 heteroatoms. The van der Waals surface area contributed by atoms with Crippen molar-refractivity contribution >= 4 is 5.91 Å². The Morgan fingerprint density at radius 3 is 2.74 bits per heavy atom. The summed E-state index contributed by atoms with van der Waals surface area (Å²) < 4.78 is 42.6. The molecule has 0 radical (unpaired) electrons. The molecule has 0 saturated carbocycles. The van der Waals surface area contributed by atoms with Gasteiger partial charge in [-0.1, -0.05) is 6.92 Å². The normalized spacial score (nSPS) is 29.2. The van der Waals surface area contributed by atoms with Crippen molar-refractivity contribution in [3.05, 3.63) is 0 Å². The van der Waals surface area contributed by atoms with Gasteiger partial charge < -0.3 is 14.5 Å². The van der Waals surface area contributed by atoms with Crippen molar-refractivity contribution in [1.82, 2.24) is 9.80 Å². The van der Waals surface area contributed by atoms with Crippen LogP contribution in [0.3, 0.4) is 0 Å². The van der Waals surface area contributed by atoms with E-state index in [1.807, 2.05) is 6.92 Å². The average molecular weight is 280 g/mol. The first-order valence-corrected chi connectivity index (χ1v) is 6.61. The number of likely N-dealkylation sites (tertiary alicyclic amines) is 1. The number of carbonyl (C=O) groups is 1. The third-order valence-electron chi connectivity index (χ3n) is 3.79. The van der Waals surface area contributed by atoms with Crippen LogP contribution in [0, 0.1) is 0 Å². The highest BCUT2D eigenvalue weighted by Crippen LogP contribution is 2.27. The number of fused-ring (bicyclic) bond motifs is 1. The lowest BCUT2D eigenvalue weighted by Crippen LogP contribution is -2.60. The van der Waals surface area contributed by atoms with Crippen molar-refractivity contribution in [2.45, 2.75) is 38.1 Å². The van der Waals surface area contributed by atoms with Crippen molar-refractivity contribution in [3.8, 4) is 0 Å². The Morgan fingerprint density at radius 1 is 1.37 bits per heavy atom. The minimum Gasteiger partial charge on any atom is -0.373 e. The van der Waals surface area contributed by atoms with E-state index in [-0.39, 0.29) is 18.7 Å². The fraction of sp³-hybridized carbons (Fsp3) is 0.917. The van der Waals surface area contributed by atoms with E-state index in [0.717, 1.165) is 13.1 Å². The van der Waals surface area contributed by atoms with Gasteiger partial charge in [0.15, 0.2) is 0 Å². The standard InChI is InChI=1S/C12H19F3N2O2/c1-2-16-4-3-9-10(8-16)19-6-5-17(9)11(18)7-12(13,14)15/h9-10H,2-8H2,1H3/t9-,10-/m1/s1. The van der Waals surface area contributed by atoms with E-state index in [2.05, 4.69) is 4.90 Å². The van der Waals surface area contributed by atoms with Gasteiger partial charge >= 0.3 is 6.18 Å². The van der Waals surface area contributed by atoms with Crippen LogP contribution in [-0.2, 0) is 9.53 Å².